The SMILES string of the molecule is CCC(CCS(C)(=O)=O)CNC. The molecule has 0 aliphatic heterocycles. The highest BCUT2D eigenvalue weighted by molar-refractivity contribution is 7.90. The van der Waals surface area contributed by atoms with Gasteiger partial charge in [0, 0.05) is 6.26 Å². The number of nitrogens with one attached hydrogen (secondary N) is 1. The number of rotatable bonds is 6. The number of hydrogen-bond acceptors (Lipinski definition) is 3. The van der Waals surface area contributed by atoms with E-state index in [1.807, 2.05) is 7.05 Å². The van der Waals surface area contributed by atoms with Crippen molar-refractivity contribution in [3.05, 3.63) is 0 Å². The minimum absolute atomic E-state index is 0.313. The van der Waals surface area contributed by atoms with Crippen LogP contribution < -0.4 is 5.32 Å². The first-order chi connectivity index (χ1) is 5.49. The summed E-state index contributed by atoms with van der Waals surface area (Å²) in [5.41, 5.74) is 0. The monoisotopic (exact) mass is 193 g/mol. The molecule has 3 nitrogen and oxygen atoms in total. The van der Waals surface area contributed by atoms with Crippen LogP contribution in [0, 0.1) is 5.92 Å². The third-order valence-corrected chi connectivity index (χ3v) is 2.94. The lowest BCUT2D eigenvalue weighted by molar-refractivity contribution is 0.467. The average molecular weight is 193 g/mol. The van der Waals surface area contributed by atoms with Crippen molar-refractivity contribution in [3.8, 4) is 0 Å². The molecular weight excluding hydrogens is 174 g/mol. The smallest absolute Gasteiger partial charge is 0.147 e. The van der Waals surface area contributed by atoms with E-state index in [1.54, 1.807) is 0 Å². The molecule has 0 aliphatic carbocycles. The largest absolute Gasteiger partial charge is 0.319 e. The zero-order chi connectivity index (χ0) is 9.61. The summed E-state index contributed by atoms with van der Waals surface area (Å²) in [6, 6.07) is 0. The van der Waals surface area contributed by atoms with Crippen LogP contribution in [-0.4, -0.2) is 34.0 Å². The van der Waals surface area contributed by atoms with Gasteiger partial charge in [-0.3, -0.25) is 0 Å². The summed E-state index contributed by atoms with van der Waals surface area (Å²) < 4.78 is 21.7. The van der Waals surface area contributed by atoms with Gasteiger partial charge >= 0.3 is 0 Å². The Hall–Kier alpha value is -0.0900. The van der Waals surface area contributed by atoms with Gasteiger partial charge in [0.1, 0.15) is 9.84 Å². The van der Waals surface area contributed by atoms with Gasteiger partial charge in [0.25, 0.3) is 0 Å². The van der Waals surface area contributed by atoms with Crippen molar-refractivity contribution in [1.29, 1.82) is 0 Å². The zero-order valence-corrected chi connectivity index (χ0v) is 8.95. The van der Waals surface area contributed by atoms with Crippen molar-refractivity contribution < 1.29 is 8.42 Å². The maximum Gasteiger partial charge on any atom is 0.147 e. The van der Waals surface area contributed by atoms with Crippen molar-refractivity contribution in [2.24, 2.45) is 5.92 Å². The predicted molar refractivity (Wildman–Crippen MR) is 52.0 cm³/mol. The highest BCUT2D eigenvalue weighted by Crippen LogP contribution is 2.07. The molecule has 1 N–H and O–H groups in total. The number of hydrogen-bond donors (Lipinski definition) is 1. The average Bonchev–Trinajstić information content (AvgIpc) is 1.96. The summed E-state index contributed by atoms with van der Waals surface area (Å²) in [4.78, 5) is 0. The molecule has 0 radical (unpaired) electrons. The Kier molecular flexibility index (Phi) is 5.50. The summed E-state index contributed by atoms with van der Waals surface area (Å²) in [7, 11) is -0.883. The third kappa shape index (κ3) is 6.61. The third-order valence-electron chi connectivity index (χ3n) is 1.97. The van der Waals surface area contributed by atoms with Crippen LogP contribution in [0.5, 0.6) is 0 Å². The maximum atomic E-state index is 10.8. The van der Waals surface area contributed by atoms with Gasteiger partial charge in [0.05, 0.1) is 5.75 Å². The molecule has 0 saturated carbocycles. The molecule has 0 amide bonds. The molecule has 4 heteroatoms. The van der Waals surface area contributed by atoms with Crippen molar-refractivity contribution in [1.82, 2.24) is 5.32 Å². The highest BCUT2D eigenvalue weighted by Gasteiger charge is 2.09. The van der Waals surface area contributed by atoms with Crippen molar-refractivity contribution in [2.75, 3.05) is 25.6 Å². The minimum Gasteiger partial charge on any atom is -0.319 e. The molecule has 0 aliphatic rings. The summed E-state index contributed by atoms with van der Waals surface area (Å²) in [6.45, 7) is 3.00. The van der Waals surface area contributed by atoms with Crippen LogP contribution in [-0.2, 0) is 9.84 Å². The van der Waals surface area contributed by atoms with Gasteiger partial charge in [-0.15, -0.1) is 0 Å². The second-order valence-electron chi connectivity index (χ2n) is 3.25. The van der Waals surface area contributed by atoms with E-state index >= 15 is 0 Å². The minimum atomic E-state index is -2.78. The second-order valence-corrected chi connectivity index (χ2v) is 5.51. The molecule has 0 aromatic heterocycles. The van der Waals surface area contributed by atoms with Crippen molar-refractivity contribution >= 4 is 9.84 Å². The molecule has 0 heterocycles. The molecule has 0 spiro atoms. The first-order valence-electron chi connectivity index (χ1n) is 4.32. The normalized spacial score (nSPS) is 14.6. The van der Waals surface area contributed by atoms with Gasteiger partial charge in [0.2, 0.25) is 0 Å². The van der Waals surface area contributed by atoms with Gasteiger partial charge < -0.3 is 5.32 Å². The molecule has 0 bridgehead atoms. The van der Waals surface area contributed by atoms with E-state index in [9.17, 15) is 8.42 Å². The van der Waals surface area contributed by atoms with E-state index in [2.05, 4.69) is 12.2 Å². The lowest BCUT2D eigenvalue weighted by Gasteiger charge is -2.12. The van der Waals surface area contributed by atoms with Crippen molar-refractivity contribution in [3.63, 3.8) is 0 Å². The summed E-state index contributed by atoms with van der Waals surface area (Å²) in [6.07, 6.45) is 3.10. The molecular formula is C8H19NO2S. The standard InChI is InChI=1S/C8H19NO2S/c1-4-8(7-9-2)5-6-12(3,10)11/h8-9H,4-7H2,1-3H3. The maximum absolute atomic E-state index is 10.8. The summed E-state index contributed by atoms with van der Waals surface area (Å²) in [5, 5.41) is 3.06. The first-order valence-corrected chi connectivity index (χ1v) is 6.38. The van der Waals surface area contributed by atoms with Crippen LogP contribution in [0.3, 0.4) is 0 Å². The molecule has 74 valence electrons. The van der Waals surface area contributed by atoms with Gasteiger partial charge in [-0.2, -0.15) is 0 Å². The van der Waals surface area contributed by atoms with Crippen LogP contribution in [0.15, 0.2) is 0 Å². The van der Waals surface area contributed by atoms with Crippen LogP contribution in [0.2, 0.25) is 0 Å². The van der Waals surface area contributed by atoms with E-state index in [1.165, 1.54) is 6.26 Å². The molecule has 12 heavy (non-hydrogen) atoms. The van der Waals surface area contributed by atoms with Gasteiger partial charge in [-0.1, -0.05) is 13.3 Å². The van der Waals surface area contributed by atoms with Gasteiger partial charge in [0.15, 0.2) is 0 Å². The fraction of sp³-hybridized carbons (Fsp3) is 1.00. The van der Waals surface area contributed by atoms with E-state index in [-0.39, 0.29) is 0 Å². The van der Waals surface area contributed by atoms with Gasteiger partial charge in [-0.05, 0) is 25.9 Å². The Morgan fingerprint density at radius 2 is 2.00 bits per heavy atom. The fourth-order valence-corrected chi connectivity index (χ4v) is 1.88. The first kappa shape index (κ1) is 11.9. The predicted octanol–water partition coefficient (Wildman–Crippen LogP) is 0.667. The molecule has 0 aromatic rings. The molecule has 1 atom stereocenters. The van der Waals surface area contributed by atoms with E-state index < -0.39 is 9.84 Å². The molecule has 0 rings (SSSR count). The topological polar surface area (TPSA) is 46.2 Å². The van der Waals surface area contributed by atoms with Crippen molar-refractivity contribution in [2.45, 2.75) is 19.8 Å². The Morgan fingerprint density at radius 3 is 2.33 bits per heavy atom. The summed E-state index contributed by atoms with van der Waals surface area (Å²) in [5.74, 6) is 0.803. The highest BCUT2D eigenvalue weighted by atomic mass is 32.2. The lowest BCUT2D eigenvalue weighted by atomic mass is 10.0. The second kappa shape index (κ2) is 5.54. The fourth-order valence-electron chi connectivity index (χ4n) is 1.12. The van der Waals surface area contributed by atoms with Crippen LogP contribution in [0.1, 0.15) is 19.8 Å². The van der Waals surface area contributed by atoms with E-state index in [0.717, 1.165) is 19.4 Å². The Morgan fingerprint density at radius 1 is 1.42 bits per heavy atom. The van der Waals surface area contributed by atoms with E-state index in [4.69, 9.17) is 0 Å². The lowest BCUT2D eigenvalue weighted by Crippen LogP contribution is -2.20. The van der Waals surface area contributed by atoms with E-state index in [0.29, 0.717) is 11.7 Å². The quantitative estimate of drug-likeness (QED) is 0.674. The zero-order valence-electron chi connectivity index (χ0n) is 8.13. The van der Waals surface area contributed by atoms with Gasteiger partial charge in [-0.25, -0.2) is 8.42 Å². The number of sulfone groups is 1. The molecule has 0 fully saturated rings. The molecule has 1 unspecified atom stereocenters. The molecule has 0 aromatic carbocycles. The Bertz CT molecular complexity index is 199. The molecule has 0 saturated heterocycles. The Labute approximate surface area is 75.5 Å². The Balaban J connectivity index is 3.73. The van der Waals surface area contributed by atoms with Crippen LogP contribution in [0.25, 0.3) is 0 Å². The van der Waals surface area contributed by atoms with Crippen LogP contribution in [0.4, 0.5) is 0 Å². The summed E-state index contributed by atoms with van der Waals surface area (Å²) >= 11 is 0. The van der Waals surface area contributed by atoms with Crippen LogP contribution >= 0.6 is 0 Å².